The van der Waals surface area contributed by atoms with Gasteiger partial charge < -0.3 is 10.1 Å². The Kier molecular flexibility index (Phi) is 4.02. The maximum Gasteiger partial charge on any atom is 0.253 e. The third-order valence-electron chi connectivity index (χ3n) is 4.68. The van der Waals surface area contributed by atoms with Crippen LogP contribution in [-0.2, 0) is 4.74 Å². The second-order valence-electron chi connectivity index (χ2n) is 6.55. The summed E-state index contributed by atoms with van der Waals surface area (Å²) in [4.78, 5) is 21.1. The van der Waals surface area contributed by atoms with Crippen LogP contribution >= 0.6 is 0 Å². The summed E-state index contributed by atoms with van der Waals surface area (Å²) in [5, 5.41) is 9.64. The van der Waals surface area contributed by atoms with Crippen molar-refractivity contribution in [1.82, 2.24) is 25.5 Å². The number of aryl methyl sites for hydroxylation is 1. The number of H-pyrrole nitrogens is 1. The van der Waals surface area contributed by atoms with Crippen LogP contribution in [-0.4, -0.2) is 38.7 Å². The summed E-state index contributed by atoms with van der Waals surface area (Å²) in [5.41, 5.74) is 2.55. The van der Waals surface area contributed by atoms with Gasteiger partial charge in [-0.3, -0.25) is 14.9 Å². The van der Waals surface area contributed by atoms with Crippen molar-refractivity contribution in [1.29, 1.82) is 0 Å². The molecule has 2 aromatic rings. The van der Waals surface area contributed by atoms with Crippen molar-refractivity contribution in [2.24, 2.45) is 0 Å². The fraction of sp³-hybridized carbons (Fsp3) is 0.529. The van der Waals surface area contributed by atoms with Gasteiger partial charge in [0.15, 0.2) is 5.82 Å². The predicted molar refractivity (Wildman–Crippen MR) is 86.5 cm³/mol. The molecule has 2 aromatic heterocycles. The molecular formula is C17H21N5O2. The van der Waals surface area contributed by atoms with Gasteiger partial charge in [-0.2, -0.15) is 5.10 Å². The molecule has 0 radical (unpaired) electrons. The average Bonchev–Trinajstić information content (AvgIpc) is 3.09. The number of amides is 1. The number of aromatic amines is 1. The van der Waals surface area contributed by atoms with Crippen LogP contribution in [0.5, 0.6) is 0 Å². The van der Waals surface area contributed by atoms with Crippen LogP contribution in [0.4, 0.5) is 0 Å². The lowest BCUT2D eigenvalue weighted by molar-refractivity contribution is 0.0392. The van der Waals surface area contributed by atoms with Gasteiger partial charge in [0.2, 0.25) is 0 Å². The molecule has 3 heterocycles. The van der Waals surface area contributed by atoms with Crippen LogP contribution in [0.3, 0.4) is 0 Å². The first kappa shape index (κ1) is 15.3. The Labute approximate surface area is 140 Å². The molecule has 7 heteroatoms. The topological polar surface area (TPSA) is 92.8 Å². The molecule has 0 aromatic carbocycles. The van der Waals surface area contributed by atoms with E-state index >= 15 is 0 Å². The van der Waals surface area contributed by atoms with Gasteiger partial charge in [-0.25, -0.2) is 4.98 Å². The van der Waals surface area contributed by atoms with Gasteiger partial charge in [0.25, 0.3) is 5.91 Å². The van der Waals surface area contributed by atoms with E-state index in [4.69, 9.17) is 4.74 Å². The summed E-state index contributed by atoms with van der Waals surface area (Å²) < 4.78 is 5.92. The van der Waals surface area contributed by atoms with Crippen molar-refractivity contribution in [2.75, 3.05) is 6.54 Å². The van der Waals surface area contributed by atoms with E-state index in [1.807, 2.05) is 19.1 Å². The maximum absolute atomic E-state index is 12.4. The molecule has 24 heavy (non-hydrogen) atoms. The van der Waals surface area contributed by atoms with Crippen LogP contribution in [0.15, 0.2) is 18.5 Å². The Bertz CT molecular complexity index is 727. The fourth-order valence-corrected chi connectivity index (χ4v) is 3.16. The van der Waals surface area contributed by atoms with E-state index < -0.39 is 0 Å². The molecule has 0 bridgehead atoms. The van der Waals surface area contributed by atoms with Crippen molar-refractivity contribution >= 4 is 5.91 Å². The Morgan fingerprint density at radius 1 is 1.33 bits per heavy atom. The number of pyridine rings is 1. The standard InChI is InChI=1S/C17H21N5O2/c1-10-13(5-6-14(21-10)11-2-3-11)17(23)18-8-12-4-7-15(24-12)16-19-9-20-22-16/h5-6,9,11-12,15H,2-4,7-8H2,1H3,(H,18,23)(H,19,20,22)/t12-,15+/m1/s1. The van der Waals surface area contributed by atoms with Crippen LogP contribution in [0.25, 0.3) is 0 Å². The smallest absolute Gasteiger partial charge is 0.253 e. The third-order valence-corrected chi connectivity index (χ3v) is 4.68. The summed E-state index contributed by atoms with van der Waals surface area (Å²) in [5.74, 6) is 1.26. The number of nitrogens with zero attached hydrogens (tertiary/aromatic N) is 3. The second kappa shape index (κ2) is 6.32. The lowest BCUT2D eigenvalue weighted by atomic mass is 10.1. The number of carbonyl (C=O) groups excluding carboxylic acids is 1. The van der Waals surface area contributed by atoms with Gasteiger partial charge in [0.1, 0.15) is 12.4 Å². The minimum Gasteiger partial charge on any atom is -0.365 e. The van der Waals surface area contributed by atoms with Gasteiger partial charge in [-0.15, -0.1) is 0 Å². The summed E-state index contributed by atoms with van der Waals surface area (Å²) >= 11 is 0. The zero-order valence-corrected chi connectivity index (χ0v) is 13.7. The molecule has 1 amide bonds. The number of ether oxygens (including phenoxy) is 1. The van der Waals surface area contributed by atoms with E-state index in [2.05, 4.69) is 25.5 Å². The lowest BCUT2D eigenvalue weighted by Crippen LogP contribution is -2.32. The molecule has 4 rings (SSSR count). The van der Waals surface area contributed by atoms with Crippen LogP contribution in [0.2, 0.25) is 0 Å². The molecule has 2 N–H and O–H groups in total. The van der Waals surface area contributed by atoms with Crippen LogP contribution in [0, 0.1) is 6.92 Å². The SMILES string of the molecule is Cc1nc(C2CC2)ccc1C(=O)NC[C@H]1CC[C@@H](c2ncn[nH]2)O1. The zero-order valence-electron chi connectivity index (χ0n) is 13.7. The largest absolute Gasteiger partial charge is 0.365 e. The van der Waals surface area contributed by atoms with Gasteiger partial charge in [-0.1, -0.05) is 0 Å². The van der Waals surface area contributed by atoms with E-state index in [0.29, 0.717) is 18.0 Å². The van der Waals surface area contributed by atoms with E-state index in [9.17, 15) is 4.79 Å². The molecule has 0 unspecified atom stereocenters. The van der Waals surface area contributed by atoms with Gasteiger partial charge in [0, 0.05) is 18.2 Å². The zero-order chi connectivity index (χ0) is 16.5. The maximum atomic E-state index is 12.4. The van der Waals surface area contributed by atoms with Gasteiger partial charge in [0.05, 0.1) is 17.4 Å². The highest BCUT2D eigenvalue weighted by Crippen LogP contribution is 2.39. The minimum atomic E-state index is -0.0888. The van der Waals surface area contributed by atoms with E-state index in [0.717, 1.165) is 30.1 Å². The molecule has 0 spiro atoms. The average molecular weight is 327 g/mol. The molecule has 2 fully saturated rings. The molecule has 2 aliphatic rings. The molecule has 126 valence electrons. The first-order chi connectivity index (χ1) is 11.7. The molecule has 1 aliphatic heterocycles. The first-order valence-corrected chi connectivity index (χ1v) is 8.47. The van der Waals surface area contributed by atoms with Crippen molar-refractivity contribution < 1.29 is 9.53 Å². The molecule has 2 atom stereocenters. The molecule has 7 nitrogen and oxygen atoms in total. The highest BCUT2D eigenvalue weighted by Gasteiger charge is 2.29. The predicted octanol–water partition coefficient (Wildman–Crippen LogP) is 2.04. The van der Waals surface area contributed by atoms with Crippen molar-refractivity contribution in [3.8, 4) is 0 Å². The fourth-order valence-electron chi connectivity index (χ4n) is 3.16. The van der Waals surface area contributed by atoms with Crippen molar-refractivity contribution in [3.05, 3.63) is 41.2 Å². The summed E-state index contributed by atoms with van der Waals surface area (Å²) in [7, 11) is 0. The molecule has 1 aliphatic carbocycles. The Morgan fingerprint density at radius 3 is 2.92 bits per heavy atom. The number of aromatic nitrogens is 4. The highest BCUT2D eigenvalue weighted by atomic mass is 16.5. The Balaban J connectivity index is 1.32. The normalized spacial score (nSPS) is 23.4. The van der Waals surface area contributed by atoms with Crippen LogP contribution < -0.4 is 5.32 Å². The van der Waals surface area contributed by atoms with E-state index in [1.165, 1.54) is 19.2 Å². The summed E-state index contributed by atoms with van der Waals surface area (Å²) in [6.45, 7) is 2.39. The highest BCUT2D eigenvalue weighted by molar-refractivity contribution is 5.95. The number of carbonyl (C=O) groups is 1. The van der Waals surface area contributed by atoms with Gasteiger partial charge in [-0.05, 0) is 44.7 Å². The monoisotopic (exact) mass is 327 g/mol. The number of nitrogens with one attached hydrogen (secondary N) is 2. The van der Waals surface area contributed by atoms with Gasteiger partial charge >= 0.3 is 0 Å². The van der Waals surface area contributed by atoms with Crippen molar-refractivity contribution in [3.63, 3.8) is 0 Å². The number of rotatable bonds is 5. The van der Waals surface area contributed by atoms with Crippen LogP contribution in [0.1, 0.15) is 65.3 Å². The van der Waals surface area contributed by atoms with Crippen molar-refractivity contribution in [2.45, 2.75) is 50.7 Å². The van der Waals surface area contributed by atoms with E-state index in [1.54, 1.807) is 0 Å². The molecule has 1 saturated carbocycles. The first-order valence-electron chi connectivity index (χ1n) is 8.47. The number of hydrogen-bond donors (Lipinski definition) is 2. The Hall–Kier alpha value is -2.28. The summed E-state index contributed by atoms with van der Waals surface area (Å²) in [6.07, 6.45) is 5.62. The summed E-state index contributed by atoms with van der Waals surface area (Å²) in [6, 6.07) is 3.86. The second-order valence-corrected chi connectivity index (χ2v) is 6.55. The quantitative estimate of drug-likeness (QED) is 0.876. The molecular weight excluding hydrogens is 306 g/mol. The lowest BCUT2D eigenvalue weighted by Gasteiger charge is -2.14. The van der Waals surface area contributed by atoms with E-state index in [-0.39, 0.29) is 18.1 Å². The Morgan fingerprint density at radius 2 is 2.21 bits per heavy atom. The number of hydrogen-bond acceptors (Lipinski definition) is 5. The minimum absolute atomic E-state index is 0.00283. The third kappa shape index (κ3) is 3.17. The molecule has 1 saturated heterocycles.